The molecule has 4 heteroatoms. The average Bonchev–Trinajstić information content (AvgIpc) is 2.03. The van der Waals surface area contributed by atoms with Gasteiger partial charge in [-0.2, -0.15) is 0 Å². The molecule has 0 aromatic rings. The quantitative estimate of drug-likeness (QED) is 0.715. The van der Waals surface area contributed by atoms with Crippen LogP contribution in [0.3, 0.4) is 0 Å². The van der Waals surface area contributed by atoms with Crippen molar-refractivity contribution in [3.63, 3.8) is 0 Å². The molecule has 0 heterocycles. The van der Waals surface area contributed by atoms with Crippen LogP contribution in [0.4, 0.5) is 0 Å². The predicted octanol–water partition coefficient (Wildman–Crippen LogP) is 1.95. The lowest BCUT2D eigenvalue weighted by Crippen LogP contribution is -2.38. The van der Waals surface area contributed by atoms with Gasteiger partial charge in [0.25, 0.3) is 0 Å². The first kappa shape index (κ1) is 13.9. The van der Waals surface area contributed by atoms with Crippen molar-refractivity contribution in [2.45, 2.75) is 32.7 Å². The topological polar surface area (TPSA) is 38.3 Å². The van der Waals surface area contributed by atoms with Crippen molar-refractivity contribution >= 4 is 21.8 Å². The first-order valence-corrected chi connectivity index (χ1v) is 6.06. The van der Waals surface area contributed by atoms with Gasteiger partial charge in [0.05, 0.1) is 12.6 Å². The summed E-state index contributed by atoms with van der Waals surface area (Å²) in [5.41, 5.74) is 0. The van der Waals surface area contributed by atoms with Gasteiger partial charge in [0.15, 0.2) is 0 Å². The number of alkyl halides is 1. The van der Waals surface area contributed by atoms with Crippen LogP contribution in [0.5, 0.6) is 0 Å². The smallest absolute Gasteiger partial charge is 0.220 e. The van der Waals surface area contributed by atoms with Gasteiger partial charge in [-0.3, -0.25) is 4.79 Å². The fourth-order valence-electron chi connectivity index (χ4n) is 1.19. The second kappa shape index (κ2) is 8.24. The first-order valence-electron chi connectivity index (χ1n) is 4.94. The molecule has 0 fully saturated rings. The van der Waals surface area contributed by atoms with Crippen molar-refractivity contribution < 1.29 is 9.53 Å². The van der Waals surface area contributed by atoms with Crippen molar-refractivity contribution in [1.29, 1.82) is 0 Å². The lowest BCUT2D eigenvalue weighted by atomic mass is 10.1. The summed E-state index contributed by atoms with van der Waals surface area (Å²) in [4.78, 5) is 11.4. The SMILES string of the molecule is COCC(CCBr)NC(=O)CC(C)C. The van der Waals surface area contributed by atoms with E-state index in [0.717, 1.165) is 11.8 Å². The number of carbonyl (C=O) groups excluding carboxylic acids is 1. The van der Waals surface area contributed by atoms with Gasteiger partial charge < -0.3 is 10.1 Å². The van der Waals surface area contributed by atoms with E-state index >= 15 is 0 Å². The molecular formula is C10H20BrNO2. The Kier molecular flexibility index (Phi) is 8.18. The van der Waals surface area contributed by atoms with E-state index in [9.17, 15) is 4.79 Å². The molecule has 0 aliphatic rings. The molecule has 3 nitrogen and oxygen atoms in total. The van der Waals surface area contributed by atoms with E-state index in [1.165, 1.54) is 0 Å². The van der Waals surface area contributed by atoms with E-state index in [4.69, 9.17) is 4.74 Å². The maximum Gasteiger partial charge on any atom is 0.220 e. The molecule has 0 aromatic carbocycles. The van der Waals surface area contributed by atoms with Gasteiger partial charge in [-0.1, -0.05) is 29.8 Å². The van der Waals surface area contributed by atoms with E-state index in [-0.39, 0.29) is 11.9 Å². The van der Waals surface area contributed by atoms with Crippen molar-refractivity contribution in [3.05, 3.63) is 0 Å². The number of hydrogen-bond donors (Lipinski definition) is 1. The minimum atomic E-state index is 0.114. The molecule has 0 radical (unpaired) electrons. The molecule has 84 valence electrons. The van der Waals surface area contributed by atoms with Crippen molar-refractivity contribution in [3.8, 4) is 0 Å². The highest BCUT2D eigenvalue weighted by molar-refractivity contribution is 9.09. The fourth-order valence-corrected chi connectivity index (χ4v) is 1.74. The first-order chi connectivity index (χ1) is 6.60. The summed E-state index contributed by atoms with van der Waals surface area (Å²) in [5, 5.41) is 3.83. The van der Waals surface area contributed by atoms with E-state index in [0.29, 0.717) is 18.9 Å². The summed E-state index contributed by atoms with van der Waals surface area (Å²) >= 11 is 3.35. The molecule has 0 saturated heterocycles. The Hall–Kier alpha value is -0.0900. The maximum absolute atomic E-state index is 11.4. The van der Waals surface area contributed by atoms with Crippen LogP contribution in [0, 0.1) is 5.92 Å². The number of rotatable bonds is 7. The van der Waals surface area contributed by atoms with Crippen LogP contribution in [-0.4, -0.2) is 31.0 Å². The Morgan fingerprint density at radius 3 is 2.57 bits per heavy atom. The average molecular weight is 266 g/mol. The number of amides is 1. The number of hydrogen-bond acceptors (Lipinski definition) is 2. The minimum absolute atomic E-state index is 0.114. The monoisotopic (exact) mass is 265 g/mol. The Balaban J connectivity index is 3.82. The highest BCUT2D eigenvalue weighted by atomic mass is 79.9. The lowest BCUT2D eigenvalue weighted by molar-refractivity contribution is -0.122. The summed E-state index contributed by atoms with van der Waals surface area (Å²) in [6.07, 6.45) is 1.49. The third-order valence-electron chi connectivity index (χ3n) is 1.78. The Labute approximate surface area is 94.7 Å². The highest BCUT2D eigenvalue weighted by Gasteiger charge is 2.12. The normalized spacial score (nSPS) is 12.9. The Morgan fingerprint density at radius 2 is 2.14 bits per heavy atom. The Bertz CT molecular complexity index is 156. The van der Waals surface area contributed by atoms with Gasteiger partial charge in [0.2, 0.25) is 5.91 Å². The van der Waals surface area contributed by atoms with Crippen LogP contribution in [0.2, 0.25) is 0 Å². The molecule has 1 N–H and O–H groups in total. The molecule has 1 amide bonds. The van der Waals surface area contributed by atoms with Gasteiger partial charge in [0, 0.05) is 18.9 Å². The van der Waals surface area contributed by atoms with E-state index in [1.807, 2.05) is 13.8 Å². The van der Waals surface area contributed by atoms with Crippen molar-refractivity contribution in [2.24, 2.45) is 5.92 Å². The predicted molar refractivity (Wildman–Crippen MR) is 61.7 cm³/mol. The van der Waals surface area contributed by atoms with Crippen LogP contribution >= 0.6 is 15.9 Å². The largest absolute Gasteiger partial charge is 0.383 e. The zero-order chi connectivity index (χ0) is 11.0. The number of halogens is 1. The standard InChI is InChI=1S/C10H20BrNO2/c1-8(2)6-10(13)12-9(4-5-11)7-14-3/h8-9H,4-7H2,1-3H3,(H,12,13). The third kappa shape index (κ3) is 7.33. The molecule has 0 saturated carbocycles. The summed E-state index contributed by atoms with van der Waals surface area (Å²) in [6.45, 7) is 4.65. The van der Waals surface area contributed by atoms with Crippen LogP contribution in [-0.2, 0) is 9.53 Å². The second-order valence-corrected chi connectivity index (χ2v) is 4.59. The molecule has 0 bridgehead atoms. The zero-order valence-corrected chi connectivity index (χ0v) is 10.8. The van der Waals surface area contributed by atoms with Crippen molar-refractivity contribution in [1.82, 2.24) is 5.32 Å². The van der Waals surface area contributed by atoms with Gasteiger partial charge >= 0.3 is 0 Å². The summed E-state index contributed by atoms with van der Waals surface area (Å²) in [6, 6.07) is 0.130. The molecular weight excluding hydrogens is 246 g/mol. The van der Waals surface area contributed by atoms with Crippen LogP contribution in [0.25, 0.3) is 0 Å². The maximum atomic E-state index is 11.4. The van der Waals surface area contributed by atoms with E-state index in [1.54, 1.807) is 7.11 Å². The molecule has 0 aliphatic heterocycles. The molecule has 0 spiro atoms. The van der Waals surface area contributed by atoms with Crippen LogP contribution < -0.4 is 5.32 Å². The summed E-state index contributed by atoms with van der Waals surface area (Å²) in [5.74, 6) is 0.519. The van der Waals surface area contributed by atoms with Gasteiger partial charge in [-0.25, -0.2) is 0 Å². The molecule has 1 unspecified atom stereocenters. The van der Waals surface area contributed by atoms with E-state index < -0.39 is 0 Å². The molecule has 0 aromatic heterocycles. The van der Waals surface area contributed by atoms with Gasteiger partial charge in [-0.05, 0) is 12.3 Å². The van der Waals surface area contributed by atoms with Gasteiger partial charge in [0.1, 0.15) is 0 Å². The molecule has 1 atom stereocenters. The van der Waals surface area contributed by atoms with Gasteiger partial charge in [-0.15, -0.1) is 0 Å². The summed E-state index contributed by atoms with van der Waals surface area (Å²) < 4.78 is 5.03. The summed E-state index contributed by atoms with van der Waals surface area (Å²) in [7, 11) is 1.65. The molecule has 14 heavy (non-hydrogen) atoms. The third-order valence-corrected chi connectivity index (χ3v) is 2.24. The van der Waals surface area contributed by atoms with E-state index in [2.05, 4.69) is 21.2 Å². The lowest BCUT2D eigenvalue weighted by Gasteiger charge is -2.17. The van der Waals surface area contributed by atoms with Crippen LogP contribution in [0.1, 0.15) is 26.7 Å². The molecule has 0 rings (SSSR count). The molecule has 0 aliphatic carbocycles. The fraction of sp³-hybridized carbons (Fsp3) is 0.900. The minimum Gasteiger partial charge on any atom is -0.383 e. The second-order valence-electron chi connectivity index (χ2n) is 3.80. The number of carbonyl (C=O) groups is 1. The number of ether oxygens (including phenoxy) is 1. The van der Waals surface area contributed by atoms with Crippen molar-refractivity contribution in [2.75, 3.05) is 19.0 Å². The Morgan fingerprint density at radius 1 is 1.50 bits per heavy atom. The highest BCUT2D eigenvalue weighted by Crippen LogP contribution is 2.02. The number of methoxy groups -OCH3 is 1. The van der Waals surface area contributed by atoms with Crippen LogP contribution in [0.15, 0.2) is 0 Å². The number of nitrogens with one attached hydrogen (secondary N) is 1. The zero-order valence-electron chi connectivity index (χ0n) is 9.18.